The second-order valence-electron chi connectivity index (χ2n) is 3.75. The van der Waals surface area contributed by atoms with Gasteiger partial charge in [-0.2, -0.15) is 0 Å². The molecule has 0 aliphatic rings. The molecule has 0 fully saturated rings. The predicted molar refractivity (Wildman–Crippen MR) is 57.1 cm³/mol. The zero-order valence-electron chi connectivity index (χ0n) is 9.00. The van der Waals surface area contributed by atoms with E-state index in [1.165, 1.54) is 16.7 Å². The second-order valence-corrected chi connectivity index (χ2v) is 6.50. The Morgan fingerprint density at radius 2 is 1.00 bits per heavy atom. The zero-order valence-corrected chi connectivity index (χ0v) is 10.0. The molecular weight excluding hydrogens is 160 g/mol. The van der Waals surface area contributed by atoms with Gasteiger partial charge in [0.25, 0.3) is 0 Å². The van der Waals surface area contributed by atoms with Crippen LogP contribution >= 0.6 is 0 Å². The molecular formula is C11H18Si. The fraction of sp³-hybridized carbons (Fsp3) is 0.545. The maximum absolute atomic E-state index is 2.40. The van der Waals surface area contributed by atoms with Crippen LogP contribution in [0.5, 0.6) is 0 Å². The van der Waals surface area contributed by atoms with Crippen molar-refractivity contribution >= 4 is 8.40 Å². The molecule has 1 rings (SSSR count). The van der Waals surface area contributed by atoms with E-state index in [9.17, 15) is 0 Å². The molecule has 1 aromatic heterocycles. The van der Waals surface area contributed by atoms with Crippen LogP contribution < -0.4 is 0 Å². The highest BCUT2D eigenvalue weighted by atomic mass is 28.2. The van der Waals surface area contributed by atoms with Crippen molar-refractivity contribution in [3.63, 3.8) is 0 Å². The van der Waals surface area contributed by atoms with E-state index in [2.05, 4.69) is 41.2 Å². The van der Waals surface area contributed by atoms with Gasteiger partial charge >= 0.3 is 0 Å². The molecule has 0 spiro atoms. The number of hydrogen-bond acceptors (Lipinski definition) is 0. The standard InChI is InChI=1S/C11H18Si/c1-7-8(2)10(4)12(6)11(5)9(7)3/h1-6H3. The van der Waals surface area contributed by atoms with Gasteiger partial charge in [0.2, 0.25) is 0 Å². The molecule has 66 valence electrons. The van der Waals surface area contributed by atoms with Gasteiger partial charge in [-0.15, -0.1) is 0 Å². The highest BCUT2D eigenvalue weighted by molar-refractivity contribution is 6.53. The molecule has 0 N–H and O–H groups in total. The van der Waals surface area contributed by atoms with Gasteiger partial charge < -0.3 is 0 Å². The molecule has 1 aromatic rings. The Morgan fingerprint density at radius 1 is 0.667 bits per heavy atom. The molecule has 1 heteroatoms. The van der Waals surface area contributed by atoms with Crippen molar-refractivity contribution < 1.29 is 0 Å². The van der Waals surface area contributed by atoms with Crippen LogP contribution in [0.2, 0.25) is 0 Å². The van der Waals surface area contributed by atoms with Gasteiger partial charge in [0.1, 0.15) is 0 Å². The summed E-state index contributed by atoms with van der Waals surface area (Å²) < 4.78 is 0. The molecule has 0 saturated carbocycles. The van der Waals surface area contributed by atoms with Crippen molar-refractivity contribution in [2.45, 2.75) is 34.6 Å². The molecule has 0 unspecified atom stereocenters. The summed E-state index contributed by atoms with van der Waals surface area (Å²) in [6.07, 6.45) is 0. The van der Waals surface area contributed by atoms with Crippen molar-refractivity contribution in [3.8, 4) is 0 Å². The van der Waals surface area contributed by atoms with Gasteiger partial charge in [-0.3, -0.25) is 0 Å². The van der Waals surface area contributed by atoms with Crippen LogP contribution in [0.4, 0.5) is 0 Å². The zero-order chi connectivity index (χ0) is 9.46. The van der Waals surface area contributed by atoms with Crippen LogP contribution in [0, 0.1) is 34.6 Å². The summed E-state index contributed by atoms with van der Waals surface area (Å²) in [6.45, 7) is 13.7. The third kappa shape index (κ3) is 1.26. The van der Waals surface area contributed by atoms with Gasteiger partial charge in [-0.05, 0) is 51.3 Å². The van der Waals surface area contributed by atoms with Crippen molar-refractivity contribution in [1.82, 2.24) is 0 Å². The molecule has 0 radical (unpaired) electrons. The summed E-state index contributed by atoms with van der Waals surface area (Å²) in [4.78, 5) is 0. The van der Waals surface area contributed by atoms with E-state index in [1.54, 1.807) is 10.3 Å². The van der Waals surface area contributed by atoms with Crippen LogP contribution in [-0.2, 0) is 6.55 Å². The summed E-state index contributed by atoms with van der Waals surface area (Å²) >= 11 is 0. The SMILES string of the molecule is Cc1c(C)c(C)[si](C)c(C)c1C. The first-order valence-electron chi connectivity index (χ1n) is 4.50. The second kappa shape index (κ2) is 3.13. The molecule has 0 nitrogen and oxygen atoms in total. The summed E-state index contributed by atoms with van der Waals surface area (Å²) in [7, 11) is -0.340. The van der Waals surface area contributed by atoms with E-state index in [4.69, 9.17) is 0 Å². The van der Waals surface area contributed by atoms with Crippen LogP contribution in [0.25, 0.3) is 0 Å². The first-order valence-corrected chi connectivity index (χ1v) is 6.50. The van der Waals surface area contributed by atoms with E-state index in [0.29, 0.717) is 0 Å². The number of hydrogen-bond donors (Lipinski definition) is 0. The minimum atomic E-state index is -0.340. The van der Waals surface area contributed by atoms with E-state index in [-0.39, 0.29) is 8.40 Å². The smallest absolute Gasteiger partial charge is 0.0406 e. The fourth-order valence-electron chi connectivity index (χ4n) is 1.69. The van der Waals surface area contributed by atoms with Gasteiger partial charge in [0.15, 0.2) is 0 Å². The lowest BCUT2D eigenvalue weighted by molar-refractivity contribution is 1.22. The van der Waals surface area contributed by atoms with Crippen LogP contribution in [0.1, 0.15) is 27.0 Å². The molecule has 0 aromatic carbocycles. The normalized spacial score (nSPS) is 10.5. The van der Waals surface area contributed by atoms with Gasteiger partial charge in [0, 0.05) is 8.40 Å². The van der Waals surface area contributed by atoms with Gasteiger partial charge in [0.05, 0.1) is 0 Å². The average Bonchev–Trinajstić information content (AvgIpc) is 2.08. The summed E-state index contributed by atoms with van der Waals surface area (Å²) in [5.74, 6) is 0. The molecule has 0 aliphatic carbocycles. The summed E-state index contributed by atoms with van der Waals surface area (Å²) in [6, 6.07) is 0. The monoisotopic (exact) mass is 178 g/mol. The highest BCUT2D eigenvalue weighted by Gasteiger charge is 2.08. The molecule has 0 aliphatic heterocycles. The van der Waals surface area contributed by atoms with Crippen molar-refractivity contribution in [2.24, 2.45) is 6.55 Å². The Hall–Kier alpha value is -0.433. The first-order chi connectivity index (χ1) is 5.46. The molecule has 12 heavy (non-hydrogen) atoms. The lowest BCUT2D eigenvalue weighted by Crippen LogP contribution is -2.09. The van der Waals surface area contributed by atoms with Crippen molar-refractivity contribution in [1.29, 1.82) is 0 Å². The maximum Gasteiger partial charge on any atom is 0.0406 e. The molecule has 0 bridgehead atoms. The Kier molecular flexibility index (Phi) is 2.52. The molecule has 0 atom stereocenters. The lowest BCUT2D eigenvalue weighted by atomic mass is 10.1. The molecule has 0 saturated heterocycles. The minimum absolute atomic E-state index is 0.340. The van der Waals surface area contributed by atoms with E-state index in [0.717, 1.165) is 0 Å². The van der Waals surface area contributed by atoms with E-state index >= 15 is 0 Å². The fourth-order valence-corrected chi connectivity index (χ4v) is 3.75. The molecule has 1 heterocycles. The maximum atomic E-state index is 2.40. The number of rotatable bonds is 0. The lowest BCUT2D eigenvalue weighted by Gasteiger charge is -2.15. The van der Waals surface area contributed by atoms with Crippen LogP contribution in [-0.4, -0.2) is 8.40 Å². The van der Waals surface area contributed by atoms with Gasteiger partial charge in [-0.25, -0.2) is 0 Å². The highest BCUT2D eigenvalue weighted by Crippen LogP contribution is 2.18. The largest absolute Gasteiger partial charge is 0.0635 e. The van der Waals surface area contributed by atoms with Gasteiger partial charge in [-0.1, -0.05) is 16.9 Å². The summed E-state index contributed by atoms with van der Waals surface area (Å²) in [5, 5.41) is 3.28. The van der Waals surface area contributed by atoms with E-state index in [1.807, 2.05) is 0 Å². The van der Waals surface area contributed by atoms with Crippen LogP contribution in [0.3, 0.4) is 0 Å². The Labute approximate surface area is 77.2 Å². The Balaban J connectivity index is 3.60. The minimum Gasteiger partial charge on any atom is -0.0635 e. The van der Waals surface area contributed by atoms with E-state index < -0.39 is 0 Å². The average molecular weight is 178 g/mol. The van der Waals surface area contributed by atoms with Crippen molar-refractivity contribution in [3.05, 3.63) is 27.0 Å². The Morgan fingerprint density at radius 3 is 1.33 bits per heavy atom. The van der Waals surface area contributed by atoms with Crippen molar-refractivity contribution in [2.75, 3.05) is 0 Å². The Bertz CT molecular complexity index is 219. The third-order valence-corrected chi connectivity index (χ3v) is 6.38. The summed E-state index contributed by atoms with van der Waals surface area (Å²) in [5.41, 5.74) is 4.57. The first kappa shape index (κ1) is 9.65. The predicted octanol–water partition coefficient (Wildman–Crippen LogP) is 2.79. The quantitative estimate of drug-likeness (QED) is 0.536. The molecule has 0 amide bonds. The van der Waals surface area contributed by atoms with Crippen LogP contribution in [0.15, 0.2) is 0 Å². The topological polar surface area (TPSA) is 0 Å². The third-order valence-electron chi connectivity index (χ3n) is 3.38.